The standard InChI is InChI=1S/C20H21N3O3S/c1-23-20(17-11-12-21-18-10-6-5-9-16(17)18)19(14-26-23)27(24,25)22-13-15-7-3-2-4-8-15/h2-12,19-20,22H,13-14H2,1H3. The van der Waals surface area contributed by atoms with Crippen LogP contribution in [0.5, 0.6) is 0 Å². The van der Waals surface area contributed by atoms with Crippen molar-refractivity contribution in [2.75, 3.05) is 13.7 Å². The molecular formula is C20H21N3O3S. The lowest BCUT2D eigenvalue weighted by atomic mass is 10.00. The third kappa shape index (κ3) is 3.59. The highest BCUT2D eigenvalue weighted by atomic mass is 32.2. The lowest BCUT2D eigenvalue weighted by molar-refractivity contribution is -0.110. The van der Waals surface area contributed by atoms with E-state index in [9.17, 15) is 8.42 Å². The molecule has 0 saturated carbocycles. The van der Waals surface area contributed by atoms with Gasteiger partial charge in [-0.25, -0.2) is 13.1 Å². The minimum atomic E-state index is -3.59. The van der Waals surface area contributed by atoms with E-state index in [1.54, 1.807) is 18.3 Å². The van der Waals surface area contributed by atoms with Crippen molar-refractivity contribution in [3.05, 3.63) is 78.0 Å². The first kappa shape index (κ1) is 18.1. The fraction of sp³-hybridized carbons (Fsp3) is 0.250. The van der Waals surface area contributed by atoms with Gasteiger partial charge in [-0.05, 0) is 23.3 Å². The number of nitrogens with zero attached hydrogens (tertiary/aromatic N) is 2. The molecule has 0 aliphatic carbocycles. The summed E-state index contributed by atoms with van der Waals surface area (Å²) in [6.07, 6.45) is 1.71. The number of benzene rings is 2. The molecular weight excluding hydrogens is 362 g/mol. The molecule has 1 fully saturated rings. The van der Waals surface area contributed by atoms with Crippen molar-refractivity contribution in [1.29, 1.82) is 0 Å². The van der Waals surface area contributed by atoms with Crippen LogP contribution >= 0.6 is 0 Å². The van der Waals surface area contributed by atoms with E-state index in [4.69, 9.17) is 4.84 Å². The van der Waals surface area contributed by atoms with Crippen LogP contribution in [0.3, 0.4) is 0 Å². The molecule has 4 rings (SSSR count). The van der Waals surface area contributed by atoms with Crippen molar-refractivity contribution >= 4 is 20.9 Å². The molecule has 3 aromatic rings. The first-order valence-corrected chi connectivity index (χ1v) is 10.3. The van der Waals surface area contributed by atoms with Crippen molar-refractivity contribution in [1.82, 2.24) is 14.8 Å². The Morgan fingerprint density at radius 1 is 1.11 bits per heavy atom. The van der Waals surface area contributed by atoms with Crippen molar-refractivity contribution < 1.29 is 13.3 Å². The largest absolute Gasteiger partial charge is 0.297 e. The molecule has 1 aromatic heterocycles. The topological polar surface area (TPSA) is 71.5 Å². The molecule has 0 bridgehead atoms. The maximum absolute atomic E-state index is 13.0. The molecule has 7 heteroatoms. The van der Waals surface area contributed by atoms with Gasteiger partial charge in [0.05, 0.1) is 18.2 Å². The second-order valence-corrected chi connectivity index (χ2v) is 8.58. The van der Waals surface area contributed by atoms with E-state index in [1.165, 1.54) is 0 Å². The van der Waals surface area contributed by atoms with Crippen LogP contribution < -0.4 is 4.72 Å². The molecule has 2 unspecified atom stereocenters. The Hall–Kier alpha value is -2.32. The smallest absolute Gasteiger partial charge is 0.219 e. The molecule has 2 aromatic carbocycles. The quantitative estimate of drug-likeness (QED) is 0.733. The maximum atomic E-state index is 13.0. The average Bonchev–Trinajstić information content (AvgIpc) is 3.09. The zero-order valence-corrected chi connectivity index (χ0v) is 15.8. The number of pyridine rings is 1. The van der Waals surface area contributed by atoms with Gasteiger partial charge < -0.3 is 0 Å². The summed E-state index contributed by atoms with van der Waals surface area (Å²) in [6.45, 7) is 0.370. The molecule has 1 aliphatic rings. The summed E-state index contributed by atoms with van der Waals surface area (Å²) in [5.74, 6) is 0. The van der Waals surface area contributed by atoms with Crippen LogP contribution in [0, 0.1) is 0 Å². The highest BCUT2D eigenvalue weighted by Gasteiger charge is 2.43. The first-order valence-electron chi connectivity index (χ1n) is 8.78. The normalized spacial score (nSPS) is 20.9. The van der Waals surface area contributed by atoms with Crippen molar-refractivity contribution in [3.8, 4) is 0 Å². The van der Waals surface area contributed by atoms with E-state index in [2.05, 4.69) is 9.71 Å². The van der Waals surface area contributed by atoms with Gasteiger partial charge in [0.1, 0.15) is 5.25 Å². The second-order valence-electron chi connectivity index (χ2n) is 6.59. The van der Waals surface area contributed by atoms with E-state index < -0.39 is 21.3 Å². The van der Waals surface area contributed by atoms with Crippen LogP contribution in [-0.2, 0) is 21.4 Å². The molecule has 6 nitrogen and oxygen atoms in total. The summed E-state index contributed by atoms with van der Waals surface area (Å²) in [4.78, 5) is 9.99. The molecule has 0 radical (unpaired) electrons. The third-order valence-corrected chi connectivity index (χ3v) is 6.64. The summed E-state index contributed by atoms with van der Waals surface area (Å²) in [5, 5.41) is 1.86. The molecule has 140 valence electrons. The van der Waals surface area contributed by atoms with Gasteiger partial charge in [-0.15, -0.1) is 0 Å². The Kier molecular flexibility index (Phi) is 4.92. The first-order chi connectivity index (χ1) is 13.1. The van der Waals surface area contributed by atoms with Crippen molar-refractivity contribution in [2.45, 2.75) is 17.8 Å². The fourth-order valence-corrected chi connectivity index (χ4v) is 4.99. The number of rotatable bonds is 5. The third-order valence-electron chi connectivity index (χ3n) is 4.91. The van der Waals surface area contributed by atoms with E-state index in [-0.39, 0.29) is 13.2 Å². The predicted octanol–water partition coefficient (Wildman–Crippen LogP) is 2.64. The fourth-order valence-electron chi connectivity index (χ4n) is 3.51. The van der Waals surface area contributed by atoms with E-state index >= 15 is 0 Å². The van der Waals surface area contributed by atoms with Gasteiger partial charge in [0.25, 0.3) is 0 Å². The monoisotopic (exact) mass is 383 g/mol. The Labute approximate surface area is 158 Å². The number of aromatic nitrogens is 1. The number of hydrogen-bond donors (Lipinski definition) is 1. The Morgan fingerprint density at radius 3 is 2.67 bits per heavy atom. The molecule has 2 atom stereocenters. The SMILES string of the molecule is CN1OCC(S(=O)(=O)NCc2ccccc2)C1c1ccnc2ccccc12. The number of hydrogen-bond acceptors (Lipinski definition) is 5. The Morgan fingerprint density at radius 2 is 1.85 bits per heavy atom. The minimum Gasteiger partial charge on any atom is -0.297 e. The lowest BCUT2D eigenvalue weighted by Gasteiger charge is -2.24. The number of fused-ring (bicyclic) bond motifs is 1. The highest BCUT2D eigenvalue weighted by molar-refractivity contribution is 7.90. The molecule has 27 heavy (non-hydrogen) atoms. The van der Waals surface area contributed by atoms with E-state index in [0.29, 0.717) is 0 Å². The number of hydroxylamine groups is 2. The predicted molar refractivity (Wildman–Crippen MR) is 104 cm³/mol. The molecule has 1 saturated heterocycles. The van der Waals surface area contributed by atoms with Gasteiger partial charge in [-0.2, -0.15) is 5.06 Å². The van der Waals surface area contributed by atoms with Gasteiger partial charge in [-0.1, -0.05) is 48.5 Å². The van der Waals surface area contributed by atoms with Crippen LogP contribution in [0.1, 0.15) is 17.2 Å². The highest BCUT2D eigenvalue weighted by Crippen LogP contribution is 2.36. The lowest BCUT2D eigenvalue weighted by Crippen LogP contribution is -2.39. The molecule has 0 amide bonds. The Bertz CT molecular complexity index is 1040. The van der Waals surface area contributed by atoms with Gasteiger partial charge in [-0.3, -0.25) is 9.82 Å². The minimum absolute atomic E-state index is 0.113. The summed E-state index contributed by atoms with van der Waals surface area (Å²) in [7, 11) is -1.82. The molecule has 0 spiro atoms. The summed E-state index contributed by atoms with van der Waals surface area (Å²) < 4.78 is 28.8. The van der Waals surface area contributed by atoms with Crippen LogP contribution in [0.25, 0.3) is 10.9 Å². The van der Waals surface area contributed by atoms with Crippen LogP contribution in [0.4, 0.5) is 0 Å². The van der Waals surface area contributed by atoms with Gasteiger partial charge >= 0.3 is 0 Å². The number of sulfonamides is 1. The summed E-state index contributed by atoms with van der Waals surface area (Å²) in [6, 6.07) is 18.7. The molecule has 1 N–H and O–H groups in total. The van der Waals surface area contributed by atoms with Gasteiger partial charge in [0.2, 0.25) is 10.0 Å². The van der Waals surface area contributed by atoms with E-state index in [0.717, 1.165) is 22.0 Å². The van der Waals surface area contributed by atoms with Gasteiger partial charge in [0.15, 0.2) is 0 Å². The second kappa shape index (κ2) is 7.36. The van der Waals surface area contributed by atoms with E-state index in [1.807, 2.05) is 60.7 Å². The maximum Gasteiger partial charge on any atom is 0.219 e. The van der Waals surface area contributed by atoms with Gasteiger partial charge in [0, 0.05) is 25.2 Å². The average molecular weight is 383 g/mol. The Balaban J connectivity index is 1.65. The molecule has 1 aliphatic heterocycles. The zero-order valence-electron chi connectivity index (χ0n) is 14.9. The molecule has 2 heterocycles. The number of nitrogens with one attached hydrogen (secondary N) is 1. The van der Waals surface area contributed by atoms with Crippen molar-refractivity contribution in [2.24, 2.45) is 0 Å². The van der Waals surface area contributed by atoms with Crippen LogP contribution in [0.15, 0.2) is 66.9 Å². The summed E-state index contributed by atoms with van der Waals surface area (Å²) in [5.41, 5.74) is 2.65. The van der Waals surface area contributed by atoms with Crippen molar-refractivity contribution in [3.63, 3.8) is 0 Å². The summed E-state index contributed by atoms with van der Waals surface area (Å²) >= 11 is 0. The van der Waals surface area contributed by atoms with Crippen LogP contribution in [-0.4, -0.2) is 37.4 Å². The zero-order chi connectivity index (χ0) is 18.9. The van der Waals surface area contributed by atoms with Crippen LogP contribution in [0.2, 0.25) is 0 Å². The number of para-hydroxylation sites is 1.